The molecular formula is C23H24FN9O2. The van der Waals surface area contributed by atoms with Crippen LogP contribution in [-0.2, 0) is 16.0 Å². The summed E-state index contributed by atoms with van der Waals surface area (Å²) < 4.78 is 21.4. The van der Waals surface area contributed by atoms with Crippen LogP contribution in [0.25, 0.3) is 5.95 Å². The lowest BCUT2D eigenvalue weighted by Crippen LogP contribution is -2.59. The predicted molar refractivity (Wildman–Crippen MR) is 120 cm³/mol. The van der Waals surface area contributed by atoms with Gasteiger partial charge in [0.25, 0.3) is 5.95 Å². The number of hydrogen-bond acceptors (Lipinski definition) is 9. The third kappa shape index (κ3) is 4.48. The van der Waals surface area contributed by atoms with Crippen LogP contribution in [0.4, 0.5) is 4.39 Å². The van der Waals surface area contributed by atoms with Gasteiger partial charge in [-0.3, -0.25) is 9.69 Å². The molecule has 0 spiro atoms. The van der Waals surface area contributed by atoms with Gasteiger partial charge in [0.15, 0.2) is 0 Å². The standard InChI is InChI=1S/C23H24FN9O2/c1-14-18(3-4-20(24)19(14)8-25)21-11-31-5-6-32(10-17(31)12-35-21)22(34)7-16-9-26-23(28-15(16)2)33-13-27-29-30-33/h3-4,9,13,17,21H,5-7,10-12H2,1-2H3/t17-,21-/m0/s1. The van der Waals surface area contributed by atoms with Crippen LogP contribution in [0.5, 0.6) is 0 Å². The molecule has 11 nitrogen and oxygen atoms in total. The Morgan fingerprint density at radius 2 is 2.14 bits per heavy atom. The Hall–Kier alpha value is -3.82. The van der Waals surface area contributed by atoms with Crippen LogP contribution >= 0.6 is 0 Å². The number of benzene rings is 1. The molecule has 1 aromatic carbocycles. The van der Waals surface area contributed by atoms with Crippen molar-refractivity contribution in [1.82, 2.24) is 40.0 Å². The molecule has 3 aromatic rings. The van der Waals surface area contributed by atoms with Gasteiger partial charge in [-0.25, -0.2) is 14.4 Å². The highest BCUT2D eigenvalue weighted by Crippen LogP contribution is 2.31. The molecule has 0 aliphatic carbocycles. The van der Waals surface area contributed by atoms with E-state index in [0.29, 0.717) is 43.4 Å². The zero-order valence-electron chi connectivity index (χ0n) is 19.4. The predicted octanol–water partition coefficient (Wildman–Crippen LogP) is 0.907. The Kier molecular flexibility index (Phi) is 6.19. The van der Waals surface area contributed by atoms with E-state index in [2.05, 4.69) is 30.4 Å². The van der Waals surface area contributed by atoms with Crippen LogP contribution in [0.2, 0.25) is 0 Å². The van der Waals surface area contributed by atoms with Crippen molar-refractivity contribution in [2.45, 2.75) is 32.4 Å². The molecule has 2 atom stereocenters. The summed E-state index contributed by atoms with van der Waals surface area (Å²) in [5.74, 6) is -0.147. The van der Waals surface area contributed by atoms with E-state index in [-0.39, 0.29) is 30.0 Å². The molecule has 2 aliphatic heterocycles. The first-order valence-corrected chi connectivity index (χ1v) is 11.3. The molecule has 35 heavy (non-hydrogen) atoms. The number of nitriles is 1. The van der Waals surface area contributed by atoms with Gasteiger partial charge in [0.2, 0.25) is 5.91 Å². The van der Waals surface area contributed by atoms with Crippen LogP contribution in [0.1, 0.15) is 34.1 Å². The molecule has 180 valence electrons. The van der Waals surface area contributed by atoms with Crippen molar-refractivity contribution >= 4 is 5.91 Å². The lowest BCUT2D eigenvalue weighted by molar-refractivity contribution is -0.139. The van der Waals surface area contributed by atoms with Crippen molar-refractivity contribution in [3.8, 4) is 12.0 Å². The number of amides is 1. The van der Waals surface area contributed by atoms with E-state index in [4.69, 9.17) is 4.74 Å². The summed E-state index contributed by atoms with van der Waals surface area (Å²) in [6, 6.07) is 5.05. The number of ether oxygens (including phenoxy) is 1. The number of aromatic nitrogens is 6. The molecule has 4 heterocycles. The van der Waals surface area contributed by atoms with E-state index >= 15 is 0 Å². The molecule has 0 saturated carbocycles. The molecule has 2 aliphatic rings. The molecule has 0 unspecified atom stereocenters. The van der Waals surface area contributed by atoms with Crippen LogP contribution in [-0.4, -0.2) is 84.7 Å². The number of halogens is 1. The number of carbonyl (C=O) groups is 1. The van der Waals surface area contributed by atoms with Crippen molar-refractivity contribution in [2.75, 3.05) is 32.8 Å². The molecule has 0 N–H and O–H groups in total. The van der Waals surface area contributed by atoms with Crippen LogP contribution < -0.4 is 0 Å². The minimum Gasteiger partial charge on any atom is -0.370 e. The van der Waals surface area contributed by atoms with E-state index in [1.54, 1.807) is 19.2 Å². The summed E-state index contributed by atoms with van der Waals surface area (Å²) in [6.45, 7) is 6.57. The number of piperazine rings is 1. The first-order valence-electron chi connectivity index (χ1n) is 11.3. The molecule has 0 radical (unpaired) electrons. The van der Waals surface area contributed by atoms with Gasteiger partial charge in [-0.1, -0.05) is 6.07 Å². The van der Waals surface area contributed by atoms with Crippen molar-refractivity contribution in [2.24, 2.45) is 0 Å². The van der Waals surface area contributed by atoms with Crippen molar-refractivity contribution in [3.05, 3.63) is 58.4 Å². The molecule has 12 heteroatoms. The van der Waals surface area contributed by atoms with Gasteiger partial charge in [0.1, 0.15) is 18.2 Å². The Balaban J connectivity index is 1.21. The van der Waals surface area contributed by atoms with Crippen molar-refractivity contribution in [3.63, 3.8) is 0 Å². The Morgan fingerprint density at radius 1 is 1.29 bits per heavy atom. The van der Waals surface area contributed by atoms with E-state index in [9.17, 15) is 14.4 Å². The monoisotopic (exact) mass is 477 g/mol. The summed E-state index contributed by atoms with van der Waals surface area (Å²) in [5, 5.41) is 20.2. The van der Waals surface area contributed by atoms with Gasteiger partial charge in [-0.05, 0) is 41.5 Å². The highest BCUT2D eigenvalue weighted by Gasteiger charge is 2.36. The molecule has 2 fully saturated rings. The lowest BCUT2D eigenvalue weighted by Gasteiger charge is -2.46. The first-order chi connectivity index (χ1) is 16.9. The maximum Gasteiger partial charge on any atom is 0.253 e. The SMILES string of the molecule is Cc1nc(-n2cnnn2)ncc1CC(=O)N1CCN2C[C@@H](c3ccc(F)c(C#N)c3C)OC[C@@H]2C1. The topological polar surface area (TPSA) is 126 Å². The second-order valence-electron chi connectivity index (χ2n) is 8.77. The number of tetrazole rings is 1. The second-order valence-corrected chi connectivity index (χ2v) is 8.77. The minimum atomic E-state index is -0.514. The number of hydrogen-bond donors (Lipinski definition) is 0. The highest BCUT2D eigenvalue weighted by atomic mass is 19.1. The average molecular weight is 478 g/mol. The van der Waals surface area contributed by atoms with Crippen molar-refractivity contribution in [1.29, 1.82) is 5.26 Å². The normalized spacial score (nSPS) is 20.3. The summed E-state index contributed by atoms with van der Waals surface area (Å²) in [6.07, 6.45) is 3.03. The van der Waals surface area contributed by atoms with Gasteiger partial charge in [-0.2, -0.15) is 9.94 Å². The van der Waals surface area contributed by atoms with Gasteiger partial charge < -0.3 is 9.64 Å². The molecule has 1 amide bonds. The van der Waals surface area contributed by atoms with Gasteiger partial charge in [-0.15, -0.1) is 5.10 Å². The molecule has 2 aromatic heterocycles. The quantitative estimate of drug-likeness (QED) is 0.539. The zero-order chi connectivity index (χ0) is 24.5. The average Bonchev–Trinajstić information content (AvgIpc) is 3.40. The summed E-state index contributed by atoms with van der Waals surface area (Å²) in [7, 11) is 0. The number of nitrogens with zero attached hydrogens (tertiary/aromatic N) is 9. The van der Waals surface area contributed by atoms with E-state index in [0.717, 1.165) is 17.7 Å². The van der Waals surface area contributed by atoms with Crippen LogP contribution in [0, 0.1) is 31.0 Å². The summed E-state index contributed by atoms with van der Waals surface area (Å²) in [5.41, 5.74) is 2.98. The first kappa shape index (κ1) is 22.9. The smallest absolute Gasteiger partial charge is 0.253 e. The molecule has 2 saturated heterocycles. The van der Waals surface area contributed by atoms with Crippen LogP contribution in [0.15, 0.2) is 24.7 Å². The molecule has 5 rings (SSSR count). The van der Waals surface area contributed by atoms with Crippen molar-refractivity contribution < 1.29 is 13.9 Å². The number of aryl methyl sites for hydroxylation is 1. The van der Waals surface area contributed by atoms with Gasteiger partial charge >= 0.3 is 0 Å². The maximum atomic E-state index is 13.9. The fourth-order valence-corrected chi connectivity index (χ4v) is 4.67. The number of carbonyl (C=O) groups excluding carboxylic acids is 1. The fraction of sp³-hybridized carbons (Fsp3) is 0.435. The lowest BCUT2D eigenvalue weighted by atomic mass is 9.96. The fourth-order valence-electron chi connectivity index (χ4n) is 4.67. The minimum absolute atomic E-state index is 0.0155. The zero-order valence-corrected chi connectivity index (χ0v) is 19.4. The van der Waals surface area contributed by atoms with Gasteiger partial charge in [0.05, 0.1) is 30.7 Å². The Bertz CT molecular complexity index is 1290. The van der Waals surface area contributed by atoms with E-state index in [1.165, 1.54) is 17.1 Å². The largest absolute Gasteiger partial charge is 0.370 e. The Morgan fingerprint density at radius 3 is 2.89 bits per heavy atom. The van der Waals surface area contributed by atoms with E-state index in [1.807, 2.05) is 17.9 Å². The molecular weight excluding hydrogens is 453 g/mol. The molecule has 0 bridgehead atoms. The number of fused-ring (bicyclic) bond motifs is 1. The number of rotatable bonds is 4. The van der Waals surface area contributed by atoms with Crippen LogP contribution in [0.3, 0.4) is 0 Å². The number of morpholine rings is 1. The summed E-state index contributed by atoms with van der Waals surface area (Å²) in [4.78, 5) is 25.9. The Labute approximate surface area is 201 Å². The highest BCUT2D eigenvalue weighted by molar-refractivity contribution is 5.79. The second kappa shape index (κ2) is 9.44. The van der Waals surface area contributed by atoms with E-state index < -0.39 is 5.82 Å². The van der Waals surface area contributed by atoms with Gasteiger partial charge in [0, 0.05) is 43.6 Å². The third-order valence-corrected chi connectivity index (χ3v) is 6.73. The third-order valence-electron chi connectivity index (χ3n) is 6.73. The maximum absolute atomic E-state index is 13.9. The summed E-state index contributed by atoms with van der Waals surface area (Å²) >= 11 is 0.